The van der Waals surface area contributed by atoms with Crippen molar-refractivity contribution in [3.05, 3.63) is 41.7 Å². The fourth-order valence-corrected chi connectivity index (χ4v) is 2.44. The summed E-state index contributed by atoms with van der Waals surface area (Å²) in [6, 6.07) is 9.77. The van der Waals surface area contributed by atoms with Crippen molar-refractivity contribution in [1.82, 2.24) is 15.2 Å². The lowest BCUT2D eigenvalue weighted by Gasteiger charge is -2.36. The van der Waals surface area contributed by atoms with Crippen LogP contribution in [0.4, 0.5) is 11.6 Å². The van der Waals surface area contributed by atoms with Gasteiger partial charge in [0.2, 0.25) is 0 Å². The lowest BCUT2D eigenvalue weighted by atomic mass is 10.2. The lowest BCUT2D eigenvalue weighted by Crippen LogP contribution is -2.47. The third kappa shape index (κ3) is 2.77. The fourth-order valence-electron chi connectivity index (χ4n) is 2.44. The number of hydrogen-bond acceptors (Lipinski definition) is 6. The van der Waals surface area contributed by atoms with Crippen molar-refractivity contribution in [1.29, 1.82) is 5.26 Å². The molecule has 0 unspecified atom stereocenters. The Kier molecular flexibility index (Phi) is 3.65. The van der Waals surface area contributed by atoms with Gasteiger partial charge in [0.05, 0.1) is 11.3 Å². The number of nitrogens with zero attached hydrogens (tertiary/aromatic N) is 6. The number of rotatable bonds is 2. The van der Waals surface area contributed by atoms with Crippen LogP contribution >= 0.6 is 0 Å². The predicted octanol–water partition coefficient (Wildman–Crippen LogP) is 1.38. The maximum absolute atomic E-state index is 9.16. The van der Waals surface area contributed by atoms with Gasteiger partial charge in [0.25, 0.3) is 0 Å². The van der Waals surface area contributed by atoms with E-state index in [0.717, 1.165) is 43.5 Å². The van der Waals surface area contributed by atoms with Crippen LogP contribution < -0.4 is 9.80 Å². The molecule has 0 aromatic carbocycles. The van der Waals surface area contributed by atoms with E-state index in [1.54, 1.807) is 18.3 Å². The number of piperazine rings is 1. The highest BCUT2D eigenvalue weighted by Gasteiger charge is 2.21. The lowest BCUT2D eigenvalue weighted by molar-refractivity contribution is 0.637. The van der Waals surface area contributed by atoms with Gasteiger partial charge in [0, 0.05) is 32.4 Å². The molecular formula is C15H16N6. The maximum Gasteiger partial charge on any atom is 0.151 e. The van der Waals surface area contributed by atoms with E-state index in [0.29, 0.717) is 5.56 Å². The molecule has 0 aliphatic carbocycles. The zero-order valence-electron chi connectivity index (χ0n) is 11.9. The Morgan fingerprint density at radius 3 is 2.48 bits per heavy atom. The Hall–Kier alpha value is -2.68. The molecule has 3 heterocycles. The summed E-state index contributed by atoms with van der Waals surface area (Å²) in [5, 5.41) is 17.5. The minimum absolute atomic E-state index is 0.626. The first-order valence-electron chi connectivity index (χ1n) is 6.93. The summed E-state index contributed by atoms with van der Waals surface area (Å²) in [7, 11) is 0. The molecule has 21 heavy (non-hydrogen) atoms. The second-order valence-electron chi connectivity index (χ2n) is 4.99. The Labute approximate surface area is 123 Å². The van der Waals surface area contributed by atoms with E-state index in [-0.39, 0.29) is 0 Å². The molecule has 0 atom stereocenters. The molecule has 1 fully saturated rings. The van der Waals surface area contributed by atoms with Crippen molar-refractivity contribution in [2.45, 2.75) is 6.92 Å². The van der Waals surface area contributed by atoms with Gasteiger partial charge in [-0.1, -0.05) is 0 Å². The molecule has 3 rings (SSSR count). The molecule has 0 spiro atoms. The van der Waals surface area contributed by atoms with Crippen LogP contribution in [0.15, 0.2) is 30.5 Å². The van der Waals surface area contributed by atoms with Crippen molar-refractivity contribution >= 4 is 11.6 Å². The molecule has 2 aromatic rings. The van der Waals surface area contributed by atoms with Crippen molar-refractivity contribution in [2.24, 2.45) is 0 Å². The van der Waals surface area contributed by atoms with Crippen LogP contribution in [0.3, 0.4) is 0 Å². The second-order valence-corrected chi connectivity index (χ2v) is 4.99. The smallest absolute Gasteiger partial charge is 0.151 e. The number of hydrogen-bond donors (Lipinski definition) is 0. The van der Waals surface area contributed by atoms with Gasteiger partial charge in [-0.15, -0.1) is 5.10 Å². The van der Waals surface area contributed by atoms with Crippen LogP contribution in [0.2, 0.25) is 0 Å². The van der Waals surface area contributed by atoms with E-state index < -0.39 is 0 Å². The highest BCUT2D eigenvalue weighted by Crippen LogP contribution is 2.20. The van der Waals surface area contributed by atoms with Crippen LogP contribution in [0, 0.1) is 18.3 Å². The van der Waals surface area contributed by atoms with Crippen LogP contribution in [0.1, 0.15) is 11.3 Å². The number of nitriles is 1. The largest absolute Gasteiger partial charge is 0.352 e. The van der Waals surface area contributed by atoms with E-state index in [1.165, 1.54) is 0 Å². The SMILES string of the molecule is Cc1ccc(N2CCN(c3ncccc3C#N)CC2)nn1. The molecule has 0 saturated carbocycles. The van der Waals surface area contributed by atoms with Crippen LogP contribution in [0.5, 0.6) is 0 Å². The minimum atomic E-state index is 0.626. The molecule has 6 heteroatoms. The van der Waals surface area contributed by atoms with Gasteiger partial charge in [-0.25, -0.2) is 4.98 Å². The summed E-state index contributed by atoms with van der Waals surface area (Å²) in [6.45, 7) is 5.26. The predicted molar refractivity (Wildman–Crippen MR) is 80.1 cm³/mol. The highest BCUT2D eigenvalue weighted by molar-refractivity contribution is 5.54. The topological polar surface area (TPSA) is 68.9 Å². The average molecular weight is 280 g/mol. The van der Waals surface area contributed by atoms with Gasteiger partial charge in [-0.3, -0.25) is 0 Å². The first-order valence-corrected chi connectivity index (χ1v) is 6.93. The van der Waals surface area contributed by atoms with E-state index >= 15 is 0 Å². The van der Waals surface area contributed by atoms with Crippen LogP contribution in [-0.4, -0.2) is 41.4 Å². The maximum atomic E-state index is 9.16. The fraction of sp³-hybridized carbons (Fsp3) is 0.333. The molecular weight excluding hydrogens is 264 g/mol. The van der Waals surface area contributed by atoms with E-state index in [2.05, 4.69) is 31.1 Å². The number of aryl methyl sites for hydroxylation is 1. The molecule has 1 aliphatic heterocycles. The molecule has 0 N–H and O–H groups in total. The molecule has 1 aliphatic rings. The molecule has 1 saturated heterocycles. The zero-order chi connectivity index (χ0) is 14.7. The Bertz CT molecular complexity index is 653. The Balaban J connectivity index is 1.70. The summed E-state index contributed by atoms with van der Waals surface area (Å²) in [5.41, 5.74) is 1.55. The normalized spacial score (nSPS) is 14.9. The zero-order valence-corrected chi connectivity index (χ0v) is 11.9. The minimum Gasteiger partial charge on any atom is -0.352 e. The van der Waals surface area contributed by atoms with Crippen molar-refractivity contribution in [3.8, 4) is 6.07 Å². The van der Waals surface area contributed by atoms with E-state index in [4.69, 9.17) is 5.26 Å². The van der Waals surface area contributed by atoms with Crippen LogP contribution in [-0.2, 0) is 0 Å². The Morgan fingerprint density at radius 2 is 1.81 bits per heavy atom. The second kappa shape index (κ2) is 5.75. The molecule has 0 amide bonds. The van der Waals surface area contributed by atoms with Crippen LogP contribution in [0.25, 0.3) is 0 Å². The molecule has 2 aromatic heterocycles. The van der Waals surface area contributed by atoms with Gasteiger partial charge in [-0.05, 0) is 31.2 Å². The summed E-state index contributed by atoms with van der Waals surface area (Å²) < 4.78 is 0. The van der Waals surface area contributed by atoms with Crippen molar-refractivity contribution < 1.29 is 0 Å². The van der Waals surface area contributed by atoms with Crippen molar-refractivity contribution in [3.63, 3.8) is 0 Å². The molecule has 0 radical (unpaired) electrons. The first-order chi connectivity index (χ1) is 10.3. The average Bonchev–Trinajstić information content (AvgIpc) is 2.56. The standard InChI is InChI=1S/C15H16N6/c1-12-4-5-14(19-18-12)20-7-9-21(10-8-20)15-13(11-16)3-2-6-17-15/h2-6H,7-10H2,1H3. The third-order valence-corrected chi connectivity index (χ3v) is 3.59. The first kappa shape index (κ1) is 13.3. The van der Waals surface area contributed by atoms with Gasteiger partial charge < -0.3 is 9.80 Å². The van der Waals surface area contributed by atoms with Gasteiger partial charge >= 0.3 is 0 Å². The number of aromatic nitrogens is 3. The third-order valence-electron chi connectivity index (χ3n) is 3.59. The van der Waals surface area contributed by atoms with Gasteiger partial charge in [-0.2, -0.15) is 10.4 Å². The number of pyridine rings is 1. The molecule has 106 valence electrons. The Morgan fingerprint density at radius 1 is 1.05 bits per heavy atom. The summed E-state index contributed by atoms with van der Waals surface area (Å²) in [4.78, 5) is 8.70. The van der Waals surface area contributed by atoms with Gasteiger partial charge in [0.15, 0.2) is 5.82 Å². The van der Waals surface area contributed by atoms with E-state index in [1.807, 2.05) is 19.1 Å². The monoisotopic (exact) mass is 280 g/mol. The summed E-state index contributed by atoms with van der Waals surface area (Å²) >= 11 is 0. The summed E-state index contributed by atoms with van der Waals surface area (Å²) in [5.74, 6) is 1.68. The quantitative estimate of drug-likeness (QED) is 0.827. The van der Waals surface area contributed by atoms with E-state index in [9.17, 15) is 0 Å². The van der Waals surface area contributed by atoms with Gasteiger partial charge in [0.1, 0.15) is 11.9 Å². The molecule has 6 nitrogen and oxygen atoms in total. The number of anilines is 2. The van der Waals surface area contributed by atoms with Crippen molar-refractivity contribution in [2.75, 3.05) is 36.0 Å². The molecule has 0 bridgehead atoms. The summed E-state index contributed by atoms with van der Waals surface area (Å²) in [6.07, 6.45) is 1.73. The highest BCUT2D eigenvalue weighted by atomic mass is 15.3.